The molecule has 1 amide bonds. The lowest BCUT2D eigenvalue weighted by molar-refractivity contribution is -0.391. The molecule has 0 radical (unpaired) electrons. The van der Waals surface area contributed by atoms with Crippen molar-refractivity contribution >= 4 is 35.0 Å². The first kappa shape index (κ1) is 28.8. The van der Waals surface area contributed by atoms with E-state index < -0.39 is 24.2 Å². The lowest BCUT2D eigenvalue weighted by Gasteiger charge is -2.13. The van der Waals surface area contributed by atoms with E-state index in [0.29, 0.717) is 41.2 Å². The number of aromatic nitrogens is 2. The average molecular weight is 551 g/mol. The van der Waals surface area contributed by atoms with Gasteiger partial charge in [0.05, 0.1) is 10.4 Å². The Kier molecular flexibility index (Phi) is 9.94. The number of imidazole rings is 1. The molecule has 3 aromatic rings. The number of ether oxygens (including phenoxy) is 1. The standard InChI is InChI=1S/C26H26F3N3O5S/c1-2-18(33)10-4-3-5-11-19(32-23(34)21-12-7-13-38-21)22-30-15-20(31-22)16-8-6-9-17(14-16)24(35)37-25(36)26(27,28)29/h6-9,12-15,19H,2-5,10-11H2,1H3,(H,30,31)(H,32,34)/p+1/t19-/m0/s1. The first-order valence-corrected chi connectivity index (χ1v) is 12.9. The number of benzene rings is 1. The minimum absolute atomic E-state index is 0.212. The number of alkyl halides is 3. The molecule has 0 spiro atoms. The van der Waals surface area contributed by atoms with Crippen LogP contribution >= 0.6 is 11.3 Å². The summed E-state index contributed by atoms with van der Waals surface area (Å²) in [7, 11) is 0. The molecule has 0 aliphatic heterocycles. The monoisotopic (exact) mass is 550 g/mol. The van der Waals surface area contributed by atoms with E-state index in [9.17, 15) is 32.3 Å². The molecule has 1 atom stereocenters. The number of halogens is 3. The number of esters is 2. The van der Waals surface area contributed by atoms with Crippen molar-refractivity contribution in [2.75, 3.05) is 0 Å². The van der Waals surface area contributed by atoms with Crippen LogP contribution in [0.3, 0.4) is 0 Å². The molecule has 0 aliphatic rings. The van der Waals surface area contributed by atoms with Gasteiger partial charge in [0.25, 0.3) is 11.7 Å². The van der Waals surface area contributed by atoms with Gasteiger partial charge < -0.3 is 10.1 Å². The van der Waals surface area contributed by atoms with Gasteiger partial charge in [0, 0.05) is 18.4 Å². The second-order valence-corrected chi connectivity index (χ2v) is 9.44. The van der Waals surface area contributed by atoms with E-state index in [1.807, 2.05) is 6.92 Å². The van der Waals surface area contributed by atoms with E-state index in [-0.39, 0.29) is 17.3 Å². The molecule has 0 bridgehead atoms. The molecule has 3 N–H and O–H groups in total. The fourth-order valence-corrected chi connectivity index (χ4v) is 4.30. The van der Waals surface area contributed by atoms with Crippen LogP contribution in [0.1, 0.15) is 77.3 Å². The first-order chi connectivity index (χ1) is 18.1. The predicted molar refractivity (Wildman–Crippen MR) is 132 cm³/mol. The van der Waals surface area contributed by atoms with Gasteiger partial charge in [-0.2, -0.15) is 13.2 Å². The molecule has 12 heteroatoms. The summed E-state index contributed by atoms with van der Waals surface area (Å²) in [6, 6.07) is 8.66. The number of nitrogens with one attached hydrogen (secondary N) is 3. The highest BCUT2D eigenvalue weighted by atomic mass is 32.1. The molecule has 0 unspecified atom stereocenters. The number of ketones is 1. The van der Waals surface area contributed by atoms with Crippen LogP contribution in [0.25, 0.3) is 11.3 Å². The summed E-state index contributed by atoms with van der Waals surface area (Å²) >= 11 is 1.31. The summed E-state index contributed by atoms with van der Waals surface area (Å²) in [5, 5.41) is 4.80. The molecule has 0 saturated carbocycles. The molecule has 8 nitrogen and oxygen atoms in total. The Balaban J connectivity index is 1.74. The Bertz CT molecular complexity index is 1270. The van der Waals surface area contributed by atoms with E-state index >= 15 is 0 Å². The predicted octanol–water partition coefficient (Wildman–Crippen LogP) is 5.20. The number of thiophene rings is 1. The quantitative estimate of drug-likeness (QED) is 0.182. The van der Waals surface area contributed by atoms with Crippen molar-refractivity contribution in [1.29, 1.82) is 0 Å². The Hall–Kier alpha value is -3.80. The molecule has 1 aromatic carbocycles. The third-order valence-electron chi connectivity index (χ3n) is 5.71. The van der Waals surface area contributed by atoms with Crippen LogP contribution in [0, 0.1) is 0 Å². The van der Waals surface area contributed by atoms with E-state index in [0.717, 1.165) is 19.3 Å². The molecule has 38 heavy (non-hydrogen) atoms. The number of unbranched alkanes of at least 4 members (excludes halogenated alkanes) is 2. The van der Waals surface area contributed by atoms with E-state index in [1.54, 1.807) is 29.8 Å². The third-order valence-corrected chi connectivity index (χ3v) is 6.58. The maximum atomic E-state index is 12.7. The normalized spacial score (nSPS) is 12.1. The van der Waals surface area contributed by atoms with Gasteiger partial charge in [-0.1, -0.05) is 38.0 Å². The lowest BCUT2D eigenvalue weighted by Crippen LogP contribution is -2.31. The van der Waals surface area contributed by atoms with Crippen molar-refractivity contribution in [3.05, 3.63) is 64.2 Å². The Morgan fingerprint density at radius 1 is 1.11 bits per heavy atom. The number of carbonyl (C=O) groups excluding carboxylic acids is 4. The van der Waals surface area contributed by atoms with Crippen LogP contribution in [-0.2, 0) is 14.3 Å². The molecule has 0 saturated heterocycles. The van der Waals surface area contributed by atoms with Crippen molar-refractivity contribution in [2.45, 2.75) is 57.7 Å². The molecule has 2 heterocycles. The number of hydrogen-bond donors (Lipinski definition) is 2. The third kappa shape index (κ3) is 8.10. The lowest BCUT2D eigenvalue weighted by atomic mass is 10.0. The number of amides is 1. The van der Waals surface area contributed by atoms with E-state index in [4.69, 9.17) is 0 Å². The maximum Gasteiger partial charge on any atom is 0.491 e. The Morgan fingerprint density at radius 3 is 2.58 bits per heavy atom. The molecule has 0 fully saturated rings. The molecule has 2 aromatic heterocycles. The van der Waals surface area contributed by atoms with Gasteiger partial charge in [-0.05, 0) is 36.4 Å². The van der Waals surface area contributed by atoms with Crippen LogP contribution in [0.4, 0.5) is 13.2 Å². The Labute approximate surface area is 220 Å². The summed E-state index contributed by atoms with van der Waals surface area (Å²) in [6.45, 7) is 1.83. The molecule has 0 aliphatic carbocycles. The van der Waals surface area contributed by atoms with Crippen LogP contribution < -0.4 is 10.3 Å². The number of hydrogen-bond acceptors (Lipinski definition) is 6. The van der Waals surface area contributed by atoms with Gasteiger partial charge in [-0.15, -0.1) is 11.3 Å². The van der Waals surface area contributed by atoms with Crippen LogP contribution in [0.2, 0.25) is 0 Å². The Morgan fingerprint density at radius 2 is 1.89 bits per heavy atom. The zero-order chi connectivity index (χ0) is 27.7. The second kappa shape index (κ2) is 13.1. The maximum absolute atomic E-state index is 12.7. The van der Waals surface area contributed by atoms with Gasteiger partial charge >= 0.3 is 18.1 Å². The van der Waals surface area contributed by atoms with E-state index in [1.165, 1.54) is 29.5 Å². The topological polar surface area (TPSA) is 119 Å². The van der Waals surface area contributed by atoms with Crippen molar-refractivity contribution < 1.29 is 42.1 Å². The highest BCUT2D eigenvalue weighted by Gasteiger charge is 2.42. The highest BCUT2D eigenvalue weighted by Crippen LogP contribution is 2.24. The number of aromatic amines is 2. The van der Waals surface area contributed by atoms with Gasteiger partial charge in [0.2, 0.25) is 0 Å². The summed E-state index contributed by atoms with van der Waals surface area (Å²) in [6.07, 6.45) is 0.258. The molecular formula is C26H27F3N3O5S+. The van der Waals surface area contributed by atoms with Crippen LogP contribution in [-0.4, -0.2) is 34.8 Å². The average Bonchev–Trinajstić information content (AvgIpc) is 3.60. The SMILES string of the molecule is CCC(=O)CCCCC[C@H](NC(=O)c1cccs1)c1[nH]c(-c2cccc(C(=O)OC(=O)C(F)(F)F)c2)c[nH+]1. The summed E-state index contributed by atoms with van der Waals surface area (Å²) in [4.78, 5) is 54.1. The summed E-state index contributed by atoms with van der Waals surface area (Å²) in [5.74, 6) is -3.47. The highest BCUT2D eigenvalue weighted by molar-refractivity contribution is 7.12. The number of H-pyrrole nitrogens is 2. The van der Waals surface area contributed by atoms with Crippen molar-refractivity contribution in [3.63, 3.8) is 0 Å². The number of Topliss-reactive ketones (excluding diaryl/α,β-unsaturated/α-hetero) is 1. The fourth-order valence-electron chi connectivity index (χ4n) is 3.68. The molecular weight excluding hydrogens is 523 g/mol. The van der Waals surface area contributed by atoms with Gasteiger partial charge in [-0.25, -0.2) is 19.6 Å². The smallest absolute Gasteiger partial charge is 0.383 e. The minimum Gasteiger partial charge on any atom is -0.383 e. The first-order valence-electron chi connectivity index (χ1n) is 12.0. The zero-order valence-electron chi connectivity index (χ0n) is 20.5. The largest absolute Gasteiger partial charge is 0.491 e. The van der Waals surface area contributed by atoms with Gasteiger partial charge in [0.1, 0.15) is 18.0 Å². The fraction of sp³-hybridized carbons (Fsp3) is 0.346. The minimum atomic E-state index is -5.29. The van der Waals surface area contributed by atoms with Gasteiger partial charge in [-0.3, -0.25) is 9.59 Å². The van der Waals surface area contributed by atoms with E-state index in [2.05, 4.69) is 20.0 Å². The molecule has 202 valence electrons. The summed E-state index contributed by atoms with van der Waals surface area (Å²) in [5.41, 5.74) is 0.712. The van der Waals surface area contributed by atoms with Crippen molar-refractivity contribution in [1.82, 2.24) is 10.3 Å². The molecule has 3 rings (SSSR count). The number of rotatable bonds is 12. The van der Waals surface area contributed by atoms with Crippen molar-refractivity contribution in [3.8, 4) is 11.3 Å². The van der Waals surface area contributed by atoms with Crippen LogP contribution in [0.15, 0.2) is 48.0 Å². The van der Waals surface area contributed by atoms with Crippen LogP contribution in [0.5, 0.6) is 0 Å². The number of carbonyl (C=O) groups is 4. The van der Waals surface area contributed by atoms with Crippen molar-refractivity contribution in [2.24, 2.45) is 0 Å². The summed E-state index contributed by atoms with van der Waals surface area (Å²) < 4.78 is 41.2. The second-order valence-electron chi connectivity index (χ2n) is 8.49. The zero-order valence-corrected chi connectivity index (χ0v) is 21.3. The van der Waals surface area contributed by atoms with Gasteiger partial charge in [0.15, 0.2) is 5.69 Å².